The maximum Gasteiger partial charge on any atom is 0.0713 e. The predicted octanol–water partition coefficient (Wildman–Crippen LogP) is 3.57. The number of ether oxygens (including phenoxy) is 1. The Labute approximate surface area is 87.1 Å². The van der Waals surface area contributed by atoms with Gasteiger partial charge in [-0.25, -0.2) is 0 Å². The molecule has 14 heavy (non-hydrogen) atoms. The standard InChI is InChI=1S/C13H20O/c1-9(2)13-10(3)6-12(8-14-5)7-11(13)4/h6-7,9H,8H2,1-5H3. The van der Waals surface area contributed by atoms with E-state index in [2.05, 4.69) is 39.8 Å². The third-order valence-corrected chi connectivity index (χ3v) is 2.54. The normalized spacial score (nSPS) is 11.0. The van der Waals surface area contributed by atoms with Gasteiger partial charge in [-0.2, -0.15) is 0 Å². The summed E-state index contributed by atoms with van der Waals surface area (Å²) >= 11 is 0. The maximum atomic E-state index is 5.14. The van der Waals surface area contributed by atoms with Crippen LogP contribution in [0.5, 0.6) is 0 Å². The van der Waals surface area contributed by atoms with E-state index in [9.17, 15) is 0 Å². The molecule has 0 saturated carbocycles. The van der Waals surface area contributed by atoms with Crippen molar-refractivity contribution in [2.45, 2.75) is 40.2 Å². The second-order valence-corrected chi connectivity index (χ2v) is 4.23. The second-order valence-electron chi connectivity index (χ2n) is 4.23. The monoisotopic (exact) mass is 192 g/mol. The van der Waals surface area contributed by atoms with Gasteiger partial charge in [-0.15, -0.1) is 0 Å². The average Bonchev–Trinajstić information content (AvgIpc) is 2.01. The lowest BCUT2D eigenvalue weighted by atomic mass is 9.91. The van der Waals surface area contributed by atoms with Crippen LogP contribution in [0.25, 0.3) is 0 Å². The largest absolute Gasteiger partial charge is 0.380 e. The van der Waals surface area contributed by atoms with E-state index in [1.807, 2.05) is 0 Å². The highest BCUT2D eigenvalue weighted by Gasteiger charge is 2.08. The Morgan fingerprint density at radius 1 is 1.14 bits per heavy atom. The molecule has 0 aliphatic rings. The van der Waals surface area contributed by atoms with Crippen molar-refractivity contribution in [3.63, 3.8) is 0 Å². The molecule has 78 valence electrons. The molecule has 0 unspecified atom stereocenters. The summed E-state index contributed by atoms with van der Waals surface area (Å²) in [5.74, 6) is 0.603. The fourth-order valence-corrected chi connectivity index (χ4v) is 2.23. The Kier molecular flexibility index (Phi) is 3.70. The zero-order valence-electron chi connectivity index (χ0n) is 9.85. The molecule has 0 radical (unpaired) electrons. The van der Waals surface area contributed by atoms with Crippen LogP contribution < -0.4 is 0 Å². The zero-order valence-corrected chi connectivity index (χ0v) is 9.85. The number of hydrogen-bond donors (Lipinski definition) is 0. The summed E-state index contributed by atoms with van der Waals surface area (Å²) in [6.07, 6.45) is 0. The van der Waals surface area contributed by atoms with E-state index in [1.54, 1.807) is 7.11 Å². The molecule has 0 atom stereocenters. The molecular weight excluding hydrogens is 172 g/mol. The fraction of sp³-hybridized carbons (Fsp3) is 0.538. The lowest BCUT2D eigenvalue weighted by Crippen LogP contribution is -1.99. The average molecular weight is 192 g/mol. The van der Waals surface area contributed by atoms with Gasteiger partial charge in [0.05, 0.1) is 6.61 Å². The van der Waals surface area contributed by atoms with Crippen LogP contribution in [0.3, 0.4) is 0 Å². The SMILES string of the molecule is COCc1cc(C)c(C(C)C)c(C)c1. The van der Waals surface area contributed by atoms with Gasteiger partial charge in [-0.1, -0.05) is 26.0 Å². The Hall–Kier alpha value is -0.820. The molecule has 0 fully saturated rings. The van der Waals surface area contributed by atoms with Gasteiger partial charge >= 0.3 is 0 Å². The van der Waals surface area contributed by atoms with E-state index in [1.165, 1.54) is 22.3 Å². The summed E-state index contributed by atoms with van der Waals surface area (Å²) in [7, 11) is 1.74. The van der Waals surface area contributed by atoms with E-state index in [4.69, 9.17) is 4.74 Å². The van der Waals surface area contributed by atoms with E-state index < -0.39 is 0 Å². The summed E-state index contributed by atoms with van der Waals surface area (Å²) < 4.78 is 5.14. The lowest BCUT2D eigenvalue weighted by Gasteiger charge is -2.15. The minimum absolute atomic E-state index is 0.603. The molecule has 1 aromatic rings. The van der Waals surface area contributed by atoms with Gasteiger partial charge in [-0.05, 0) is 42.0 Å². The summed E-state index contributed by atoms with van der Waals surface area (Å²) in [5.41, 5.74) is 5.51. The van der Waals surface area contributed by atoms with Crippen molar-refractivity contribution < 1.29 is 4.74 Å². The van der Waals surface area contributed by atoms with Crippen molar-refractivity contribution in [1.29, 1.82) is 0 Å². The Bertz CT molecular complexity index is 290. The highest BCUT2D eigenvalue weighted by atomic mass is 16.5. The fourth-order valence-electron chi connectivity index (χ4n) is 2.23. The highest BCUT2D eigenvalue weighted by molar-refractivity contribution is 5.39. The Morgan fingerprint density at radius 3 is 2.00 bits per heavy atom. The third kappa shape index (κ3) is 2.36. The molecule has 0 aliphatic heterocycles. The second kappa shape index (κ2) is 4.61. The first-order valence-corrected chi connectivity index (χ1v) is 5.15. The molecule has 0 aromatic heterocycles. The van der Waals surface area contributed by atoms with Crippen LogP contribution in [0.15, 0.2) is 12.1 Å². The molecule has 0 bridgehead atoms. The van der Waals surface area contributed by atoms with E-state index in [0.717, 1.165) is 0 Å². The smallest absolute Gasteiger partial charge is 0.0713 e. The molecule has 1 rings (SSSR count). The first kappa shape index (κ1) is 11.3. The third-order valence-electron chi connectivity index (χ3n) is 2.54. The number of benzene rings is 1. The molecule has 0 saturated heterocycles. The number of rotatable bonds is 3. The molecule has 0 N–H and O–H groups in total. The molecular formula is C13H20O. The minimum Gasteiger partial charge on any atom is -0.380 e. The van der Waals surface area contributed by atoms with E-state index in [0.29, 0.717) is 12.5 Å². The number of aryl methyl sites for hydroxylation is 2. The first-order chi connectivity index (χ1) is 6.56. The number of hydrogen-bond acceptors (Lipinski definition) is 1. The molecule has 0 heterocycles. The van der Waals surface area contributed by atoms with Crippen LogP contribution in [0, 0.1) is 13.8 Å². The van der Waals surface area contributed by atoms with Gasteiger partial charge in [0, 0.05) is 7.11 Å². The molecule has 1 heteroatoms. The quantitative estimate of drug-likeness (QED) is 0.711. The van der Waals surface area contributed by atoms with Gasteiger partial charge in [0.15, 0.2) is 0 Å². The van der Waals surface area contributed by atoms with Crippen molar-refractivity contribution in [1.82, 2.24) is 0 Å². The first-order valence-electron chi connectivity index (χ1n) is 5.15. The maximum absolute atomic E-state index is 5.14. The van der Waals surface area contributed by atoms with Crippen molar-refractivity contribution in [2.75, 3.05) is 7.11 Å². The van der Waals surface area contributed by atoms with Gasteiger partial charge < -0.3 is 4.74 Å². The molecule has 0 spiro atoms. The van der Waals surface area contributed by atoms with Crippen LogP contribution in [0.1, 0.15) is 42.0 Å². The van der Waals surface area contributed by atoms with Gasteiger partial charge in [0.1, 0.15) is 0 Å². The minimum atomic E-state index is 0.603. The van der Waals surface area contributed by atoms with Gasteiger partial charge in [0.2, 0.25) is 0 Å². The van der Waals surface area contributed by atoms with E-state index >= 15 is 0 Å². The number of methoxy groups -OCH3 is 1. The van der Waals surface area contributed by atoms with Gasteiger partial charge in [-0.3, -0.25) is 0 Å². The molecule has 0 aliphatic carbocycles. The predicted molar refractivity (Wildman–Crippen MR) is 60.7 cm³/mol. The Balaban J connectivity index is 3.11. The van der Waals surface area contributed by atoms with Crippen molar-refractivity contribution in [3.05, 3.63) is 34.4 Å². The summed E-state index contributed by atoms with van der Waals surface area (Å²) in [4.78, 5) is 0. The van der Waals surface area contributed by atoms with Crippen LogP contribution >= 0.6 is 0 Å². The summed E-state index contributed by atoms with van der Waals surface area (Å²) in [5, 5.41) is 0. The zero-order chi connectivity index (χ0) is 10.7. The summed E-state index contributed by atoms with van der Waals surface area (Å²) in [6, 6.07) is 4.46. The van der Waals surface area contributed by atoms with Crippen molar-refractivity contribution in [3.8, 4) is 0 Å². The Morgan fingerprint density at radius 2 is 1.64 bits per heavy atom. The van der Waals surface area contributed by atoms with Crippen molar-refractivity contribution in [2.24, 2.45) is 0 Å². The van der Waals surface area contributed by atoms with Crippen molar-refractivity contribution >= 4 is 0 Å². The van der Waals surface area contributed by atoms with Crippen LogP contribution in [0.4, 0.5) is 0 Å². The highest BCUT2D eigenvalue weighted by Crippen LogP contribution is 2.24. The molecule has 1 nitrogen and oxygen atoms in total. The topological polar surface area (TPSA) is 9.23 Å². The van der Waals surface area contributed by atoms with E-state index in [-0.39, 0.29) is 0 Å². The van der Waals surface area contributed by atoms with Gasteiger partial charge in [0.25, 0.3) is 0 Å². The van der Waals surface area contributed by atoms with Crippen LogP contribution in [-0.2, 0) is 11.3 Å². The lowest BCUT2D eigenvalue weighted by molar-refractivity contribution is 0.185. The summed E-state index contributed by atoms with van der Waals surface area (Å²) in [6.45, 7) is 9.56. The molecule has 1 aromatic carbocycles. The van der Waals surface area contributed by atoms with Crippen LogP contribution in [0.2, 0.25) is 0 Å². The van der Waals surface area contributed by atoms with Crippen LogP contribution in [-0.4, -0.2) is 7.11 Å². The molecule has 0 amide bonds.